The van der Waals surface area contributed by atoms with Gasteiger partial charge in [0.2, 0.25) is 5.76 Å². The van der Waals surface area contributed by atoms with Crippen molar-refractivity contribution in [1.82, 2.24) is 0 Å². The number of fused-ring (bicyclic) bond motifs is 2. The number of hydrogen-bond acceptors (Lipinski definition) is 3. The summed E-state index contributed by atoms with van der Waals surface area (Å²) in [5.74, 6) is -0.895. The first-order valence-electron chi connectivity index (χ1n) is 9.05. The van der Waals surface area contributed by atoms with Crippen LogP contribution in [0.25, 0.3) is 11.0 Å². The lowest BCUT2D eigenvalue weighted by molar-refractivity contribution is 0.0971. The lowest BCUT2D eigenvalue weighted by Crippen LogP contribution is -2.29. The molecule has 3 aromatic carbocycles. The standard InChI is InChI=1S/C23H12BrClFNO3/c24-13-3-10-18-17(11-13)21(28)19-20(12-1-4-14(25)5-2-12)27(23(29)22(19)30-18)16-8-6-15(26)7-9-16/h1-11,20H. The molecule has 30 heavy (non-hydrogen) atoms. The Labute approximate surface area is 183 Å². The van der Waals surface area contributed by atoms with E-state index in [2.05, 4.69) is 15.9 Å². The lowest BCUT2D eigenvalue weighted by Gasteiger charge is -2.25. The Bertz CT molecular complexity index is 1370. The van der Waals surface area contributed by atoms with Crippen LogP contribution in [0, 0.1) is 5.82 Å². The SMILES string of the molecule is O=C1c2oc3ccc(Br)cc3c(=O)c2C(c2ccc(Cl)cc2)N1c1ccc(F)cc1. The number of amides is 1. The minimum atomic E-state index is -0.727. The quantitative estimate of drug-likeness (QED) is 0.345. The molecule has 0 saturated heterocycles. The van der Waals surface area contributed by atoms with Gasteiger partial charge in [0.25, 0.3) is 5.91 Å². The van der Waals surface area contributed by atoms with E-state index in [0.717, 1.165) is 4.47 Å². The monoisotopic (exact) mass is 483 g/mol. The van der Waals surface area contributed by atoms with Crippen LogP contribution in [-0.4, -0.2) is 5.91 Å². The average Bonchev–Trinajstić information content (AvgIpc) is 3.03. The molecule has 1 atom stereocenters. The van der Waals surface area contributed by atoms with Crippen LogP contribution < -0.4 is 10.3 Å². The normalized spacial score (nSPS) is 15.6. The maximum absolute atomic E-state index is 13.5. The average molecular weight is 485 g/mol. The zero-order valence-corrected chi connectivity index (χ0v) is 17.6. The second kappa shape index (κ2) is 7.07. The maximum atomic E-state index is 13.5. The first kappa shape index (κ1) is 19.0. The van der Waals surface area contributed by atoms with Crippen LogP contribution in [0.3, 0.4) is 0 Å². The van der Waals surface area contributed by atoms with Crippen molar-refractivity contribution >= 4 is 50.1 Å². The molecular weight excluding hydrogens is 473 g/mol. The number of nitrogens with zero attached hydrogens (tertiary/aromatic N) is 1. The van der Waals surface area contributed by atoms with Gasteiger partial charge in [0.1, 0.15) is 11.4 Å². The Hall–Kier alpha value is -2.96. The predicted molar refractivity (Wildman–Crippen MR) is 117 cm³/mol. The summed E-state index contributed by atoms with van der Waals surface area (Å²) in [5, 5.41) is 0.905. The molecule has 0 N–H and O–H groups in total. The van der Waals surface area contributed by atoms with Gasteiger partial charge in [-0.25, -0.2) is 4.39 Å². The Morgan fingerprint density at radius 1 is 0.967 bits per heavy atom. The number of hydrogen-bond donors (Lipinski definition) is 0. The molecule has 1 unspecified atom stereocenters. The summed E-state index contributed by atoms with van der Waals surface area (Å²) in [6.45, 7) is 0. The van der Waals surface area contributed by atoms with E-state index in [1.807, 2.05) is 0 Å². The van der Waals surface area contributed by atoms with Gasteiger partial charge in [0.15, 0.2) is 5.43 Å². The van der Waals surface area contributed by atoms with Crippen molar-refractivity contribution in [2.24, 2.45) is 0 Å². The molecule has 1 aliphatic rings. The van der Waals surface area contributed by atoms with E-state index in [-0.39, 0.29) is 16.8 Å². The summed E-state index contributed by atoms with van der Waals surface area (Å²) in [4.78, 5) is 28.3. The highest BCUT2D eigenvalue weighted by Gasteiger charge is 2.43. The van der Waals surface area contributed by atoms with E-state index >= 15 is 0 Å². The molecule has 1 aromatic heterocycles. The number of carbonyl (C=O) groups excluding carboxylic acids is 1. The van der Waals surface area contributed by atoms with Crippen molar-refractivity contribution in [2.75, 3.05) is 4.90 Å². The van der Waals surface area contributed by atoms with Crippen molar-refractivity contribution in [2.45, 2.75) is 6.04 Å². The number of anilines is 1. The molecule has 2 heterocycles. The Morgan fingerprint density at radius 2 is 1.67 bits per heavy atom. The first-order chi connectivity index (χ1) is 14.4. The van der Waals surface area contributed by atoms with E-state index in [4.69, 9.17) is 16.0 Å². The zero-order valence-electron chi connectivity index (χ0n) is 15.2. The predicted octanol–water partition coefficient (Wildman–Crippen LogP) is 6.10. The zero-order chi connectivity index (χ0) is 21.0. The summed E-state index contributed by atoms with van der Waals surface area (Å²) < 4.78 is 20.1. The van der Waals surface area contributed by atoms with Crippen LogP contribution in [0.2, 0.25) is 5.02 Å². The molecule has 1 amide bonds. The van der Waals surface area contributed by atoms with Crippen LogP contribution in [-0.2, 0) is 0 Å². The lowest BCUT2D eigenvalue weighted by atomic mass is 9.98. The van der Waals surface area contributed by atoms with E-state index in [9.17, 15) is 14.0 Å². The highest BCUT2D eigenvalue weighted by molar-refractivity contribution is 9.10. The summed E-state index contributed by atoms with van der Waals surface area (Å²) in [6, 6.07) is 16.8. The van der Waals surface area contributed by atoms with Crippen LogP contribution in [0.1, 0.15) is 27.7 Å². The topological polar surface area (TPSA) is 50.5 Å². The molecule has 0 radical (unpaired) electrons. The van der Waals surface area contributed by atoms with Gasteiger partial charge < -0.3 is 4.42 Å². The van der Waals surface area contributed by atoms with Gasteiger partial charge in [-0.1, -0.05) is 39.7 Å². The molecule has 0 spiro atoms. The van der Waals surface area contributed by atoms with E-state index in [1.165, 1.54) is 29.2 Å². The van der Waals surface area contributed by atoms with Crippen LogP contribution in [0.4, 0.5) is 10.1 Å². The molecule has 0 bridgehead atoms. The summed E-state index contributed by atoms with van der Waals surface area (Å²) >= 11 is 9.41. The van der Waals surface area contributed by atoms with Gasteiger partial charge >= 0.3 is 0 Å². The molecule has 5 rings (SSSR count). The molecule has 0 fully saturated rings. The third-order valence-corrected chi connectivity index (χ3v) is 5.87. The Balaban J connectivity index is 1.81. The molecule has 4 nitrogen and oxygen atoms in total. The minimum absolute atomic E-state index is 0.0147. The molecule has 1 aliphatic heterocycles. The van der Waals surface area contributed by atoms with Crippen LogP contribution >= 0.6 is 27.5 Å². The van der Waals surface area contributed by atoms with Gasteiger partial charge in [-0.05, 0) is 60.2 Å². The van der Waals surface area contributed by atoms with Crippen molar-refractivity contribution in [3.8, 4) is 0 Å². The number of rotatable bonds is 2. The van der Waals surface area contributed by atoms with Gasteiger partial charge in [-0.3, -0.25) is 14.5 Å². The largest absolute Gasteiger partial charge is 0.450 e. The summed E-state index contributed by atoms with van der Waals surface area (Å²) in [5.41, 5.74) is 1.43. The highest BCUT2D eigenvalue weighted by atomic mass is 79.9. The number of carbonyl (C=O) groups is 1. The van der Waals surface area contributed by atoms with Crippen molar-refractivity contribution in [1.29, 1.82) is 0 Å². The van der Waals surface area contributed by atoms with Gasteiger partial charge in [0.05, 0.1) is 17.0 Å². The first-order valence-corrected chi connectivity index (χ1v) is 10.2. The second-order valence-corrected chi connectivity index (χ2v) is 8.27. The molecule has 148 valence electrons. The Kier molecular flexibility index (Phi) is 4.49. The number of benzene rings is 3. The fraction of sp³-hybridized carbons (Fsp3) is 0.0435. The fourth-order valence-electron chi connectivity index (χ4n) is 3.77. The van der Waals surface area contributed by atoms with E-state index < -0.39 is 17.8 Å². The highest BCUT2D eigenvalue weighted by Crippen LogP contribution is 2.41. The van der Waals surface area contributed by atoms with E-state index in [1.54, 1.807) is 42.5 Å². The molecule has 7 heteroatoms. The molecule has 4 aromatic rings. The fourth-order valence-corrected chi connectivity index (χ4v) is 4.26. The van der Waals surface area contributed by atoms with Crippen molar-refractivity contribution in [3.05, 3.63) is 109 Å². The molecular formula is C23H12BrClFNO3. The Morgan fingerprint density at radius 3 is 2.37 bits per heavy atom. The molecule has 0 aliphatic carbocycles. The van der Waals surface area contributed by atoms with Crippen molar-refractivity contribution in [3.63, 3.8) is 0 Å². The third kappa shape index (κ3) is 2.95. The second-order valence-electron chi connectivity index (χ2n) is 6.92. The minimum Gasteiger partial charge on any atom is -0.450 e. The van der Waals surface area contributed by atoms with Crippen molar-refractivity contribution < 1.29 is 13.6 Å². The summed E-state index contributed by atoms with van der Waals surface area (Å²) in [6.07, 6.45) is 0. The third-order valence-electron chi connectivity index (χ3n) is 5.12. The number of halogens is 3. The smallest absolute Gasteiger partial charge is 0.295 e. The van der Waals surface area contributed by atoms with Crippen LogP contribution in [0.5, 0.6) is 0 Å². The van der Waals surface area contributed by atoms with Gasteiger partial charge in [-0.2, -0.15) is 0 Å². The van der Waals surface area contributed by atoms with Crippen LogP contribution in [0.15, 0.2) is 80.4 Å². The maximum Gasteiger partial charge on any atom is 0.295 e. The van der Waals surface area contributed by atoms with Gasteiger partial charge in [-0.15, -0.1) is 0 Å². The van der Waals surface area contributed by atoms with E-state index in [0.29, 0.717) is 27.2 Å². The molecule has 0 saturated carbocycles. The van der Waals surface area contributed by atoms with Gasteiger partial charge in [0, 0.05) is 15.2 Å². The summed E-state index contributed by atoms with van der Waals surface area (Å²) in [7, 11) is 0.